The Morgan fingerprint density at radius 2 is 1.95 bits per heavy atom. The second-order valence-corrected chi connectivity index (χ2v) is 7.69. The highest BCUT2D eigenvalue weighted by molar-refractivity contribution is 7.89. The first-order valence-electron chi connectivity index (χ1n) is 6.65. The highest BCUT2D eigenvalue weighted by atomic mass is 32.2. The van der Waals surface area contributed by atoms with Crippen LogP contribution >= 0.6 is 0 Å². The molecule has 1 heterocycles. The minimum Gasteiger partial charge on any atom is -0.381 e. The van der Waals surface area contributed by atoms with E-state index in [9.17, 15) is 12.8 Å². The molecule has 1 fully saturated rings. The van der Waals surface area contributed by atoms with Crippen molar-refractivity contribution in [3.8, 4) is 0 Å². The summed E-state index contributed by atoms with van der Waals surface area (Å²) in [4.78, 5) is 0. The molecule has 6 heteroatoms. The van der Waals surface area contributed by atoms with Gasteiger partial charge in [-0.3, -0.25) is 0 Å². The summed E-state index contributed by atoms with van der Waals surface area (Å²) in [6, 6.07) is 6.19. The Hall–Kier alpha value is -0.980. The summed E-state index contributed by atoms with van der Waals surface area (Å²) in [5, 5.41) is -0.434. The second kappa shape index (κ2) is 6.20. The molecule has 0 N–H and O–H groups in total. The minimum atomic E-state index is -3.30. The molecule has 2 atom stereocenters. The number of nitrogens with zero attached hydrogens (tertiary/aromatic N) is 1. The number of ether oxygens (including phenoxy) is 1. The van der Waals surface area contributed by atoms with Crippen molar-refractivity contribution in [2.75, 3.05) is 27.3 Å². The van der Waals surface area contributed by atoms with Crippen LogP contribution in [0.5, 0.6) is 0 Å². The van der Waals surface area contributed by atoms with E-state index in [2.05, 4.69) is 0 Å². The number of rotatable bonds is 4. The summed E-state index contributed by atoms with van der Waals surface area (Å²) in [6.07, 6.45) is 1.09. The van der Waals surface area contributed by atoms with Gasteiger partial charge >= 0.3 is 0 Å². The topological polar surface area (TPSA) is 46.6 Å². The van der Waals surface area contributed by atoms with Gasteiger partial charge in [-0.15, -0.1) is 0 Å². The van der Waals surface area contributed by atoms with E-state index in [1.807, 2.05) is 0 Å². The molecule has 0 unspecified atom stereocenters. The fourth-order valence-electron chi connectivity index (χ4n) is 2.55. The molecule has 1 aliphatic heterocycles. The zero-order valence-electron chi connectivity index (χ0n) is 11.8. The molecule has 20 heavy (non-hydrogen) atoms. The Balaban J connectivity index is 2.17. The summed E-state index contributed by atoms with van der Waals surface area (Å²) in [6.45, 7) is 0.896. The minimum absolute atomic E-state index is 0.0957. The number of halogens is 1. The van der Waals surface area contributed by atoms with E-state index in [-0.39, 0.29) is 11.7 Å². The van der Waals surface area contributed by atoms with Crippen molar-refractivity contribution in [1.29, 1.82) is 0 Å². The molecular formula is C14H20FNO3S. The lowest BCUT2D eigenvalue weighted by atomic mass is 9.93. The molecule has 0 radical (unpaired) electrons. The normalized spacial score (nSPS) is 24.0. The Morgan fingerprint density at radius 1 is 1.30 bits per heavy atom. The first kappa shape index (κ1) is 15.4. The zero-order valence-corrected chi connectivity index (χ0v) is 12.6. The third kappa shape index (κ3) is 3.37. The predicted molar refractivity (Wildman–Crippen MR) is 75.4 cm³/mol. The maximum absolute atomic E-state index is 12.9. The van der Waals surface area contributed by atoms with E-state index < -0.39 is 15.3 Å². The van der Waals surface area contributed by atoms with E-state index in [0.29, 0.717) is 26.1 Å². The lowest BCUT2D eigenvalue weighted by molar-refractivity contribution is 0.0563. The maximum Gasteiger partial charge on any atom is 0.216 e. The van der Waals surface area contributed by atoms with E-state index in [1.165, 1.54) is 16.4 Å². The average Bonchev–Trinajstić information content (AvgIpc) is 2.41. The van der Waals surface area contributed by atoms with Crippen LogP contribution in [0.1, 0.15) is 12.0 Å². The third-order valence-electron chi connectivity index (χ3n) is 3.71. The van der Waals surface area contributed by atoms with Gasteiger partial charge in [0.05, 0.1) is 11.9 Å². The fraction of sp³-hybridized carbons (Fsp3) is 0.571. The largest absolute Gasteiger partial charge is 0.381 e. The standard InChI is InChI=1S/C14H20FNO3S/c1-16(2)20(17,18)14-7-8-19-10-12(14)9-11-3-5-13(15)6-4-11/h3-6,12,14H,7-10H2,1-2H3/t12-,14-/m0/s1. The molecule has 1 aromatic rings. The van der Waals surface area contributed by atoms with Crippen LogP contribution in [0, 0.1) is 11.7 Å². The van der Waals surface area contributed by atoms with Gasteiger partial charge in [0.1, 0.15) is 5.82 Å². The van der Waals surface area contributed by atoms with Crippen molar-refractivity contribution in [2.24, 2.45) is 5.92 Å². The number of benzene rings is 1. The van der Waals surface area contributed by atoms with Gasteiger partial charge in [0.25, 0.3) is 0 Å². The van der Waals surface area contributed by atoms with Crippen LogP contribution in [0.25, 0.3) is 0 Å². The van der Waals surface area contributed by atoms with Gasteiger partial charge in [0.2, 0.25) is 10.0 Å². The molecule has 0 aliphatic carbocycles. The number of sulfonamides is 1. The van der Waals surface area contributed by atoms with Crippen molar-refractivity contribution in [3.05, 3.63) is 35.6 Å². The van der Waals surface area contributed by atoms with Gasteiger partial charge in [-0.25, -0.2) is 17.1 Å². The van der Waals surface area contributed by atoms with Gasteiger partial charge in [0.15, 0.2) is 0 Å². The Labute approximate surface area is 119 Å². The van der Waals surface area contributed by atoms with E-state index in [1.54, 1.807) is 26.2 Å². The van der Waals surface area contributed by atoms with Gasteiger partial charge in [0, 0.05) is 26.6 Å². The molecule has 1 aromatic carbocycles. The molecule has 1 saturated heterocycles. The smallest absolute Gasteiger partial charge is 0.216 e. The second-order valence-electron chi connectivity index (χ2n) is 5.32. The van der Waals surface area contributed by atoms with Crippen LogP contribution in [0.3, 0.4) is 0 Å². The molecule has 0 aromatic heterocycles. The van der Waals surface area contributed by atoms with Gasteiger partial charge in [-0.05, 0) is 30.5 Å². The monoisotopic (exact) mass is 301 g/mol. The number of hydrogen-bond donors (Lipinski definition) is 0. The molecule has 112 valence electrons. The van der Waals surface area contributed by atoms with Crippen LogP contribution in [0.4, 0.5) is 4.39 Å². The average molecular weight is 301 g/mol. The lowest BCUT2D eigenvalue weighted by Crippen LogP contribution is -2.44. The highest BCUT2D eigenvalue weighted by Gasteiger charge is 2.37. The van der Waals surface area contributed by atoms with Crippen molar-refractivity contribution in [2.45, 2.75) is 18.1 Å². The van der Waals surface area contributed by atoms with E-state index in [0.717, 1.165) is 5.56 Å². The summed E-state index contributed by atoms with van der Waals surface area (Å²) >= 11 is 0. The molecule has 4 nitrogen and oxygen atoms in total. The van der Waals surface area contributed by atoms with Crippen molar-refractivity contribution < 1.29 is 17.5 Å². The van der Waals surface area contributed by atoms with Gasteiger partial charge < -0.3 is 4.74 Å². The lowest BCUT2D eigenvalue weighted by Gasteiger charge is -2.33. The summed E-state index contributed by atoms with van der Waals surface area (Å²) < 4.78 is 44.3. The van der Waals surface area contributed by atoms with Crippen LogP contribution in [-0.2, 0) is 21.2 Å². The molecular weight excluding hydrogens is 281 g/mol. The highest BCUT2D eigenvalue weighted by Crippen LogP contribution is 2.26. The van der Waals surface area contributed by atoms with Crippen LogP contribution in [0.2, 0.25) is 0 Å². The molecule has 1 aliphatic rings. The molecule has 2 rings (SSSR count). The van der Waals surface area contributed by atoms with E-state index >= 15 is 0 Å². The third-order valence-corrected chi connectivity index (χ3v) is 6.11. The Bertz CT molecular complexity index is 542. The Kier molecular flexibility index (Phi) is 4.78. The molecule has 0 bridgehead atoms. The van der Waals surface area contributed by atoms with Crippen molar-refractivity contribution >= 4 is 10.0 Å². The molecule has 0 saturated carbocycles. The quantitative estimate of drug-likeness (QED) is 0.850. The van der Waals surface area contributed by atoms with Crippen molar-refractivity contribution in [1.82, 2.24) is 4.31 Å². The fourth-order valence-corrected chi connectivity index (χ4v) is 4.15. The number of hydrogen-bond acceptors (Lipinski definition) is 3. The molecule has 0 amide bonds. The Morgan fingerprint density at radius 3 is 2.55 bits per heavy atom. The summed E-state index contributed by atoms with van der Waals surface area (Å²) in [5.41, 5.74) is 0.931. The zero-order chi connectivity index (χ0) is 14.8. The van der Waals surface area contributed by atoms with Crippen molar-refractivity contribution in [3.63, 3.8) is 0 Å². The van der Waals surface area contributed by atoms with Crippen LogP contribution < -0.4 is 0 Å². The first-order chi connectivity index (χ1) is 9.41. The maximum atomic E-state index is 12.9. The summed E-state index contributed by atoms with van der Waals surface area (Å²) in [7, 11) is -0.188. The SMILES string of the molecule is CN(C)S(=O)(=O)[C@H]1CCOC[C@@H]1Cc1ccc(F)cc1. The van der Waals surface area contributed by atoms with Crippen LogP contribution in [0.15, 0.2) is 24.3 Å². The predicted octanol–water partition coefficient (Wildman–Crippen LogP) is 1.66. The molecule has 0 spiro atoms. The van der Waals surface area contributed by atoms with E-state index in [4.69, 9.17) is 4.74 Å². The van der Waals surface area contributed by atoms with Gasteiger partial charge in [-0.1, -0.05) is 12.1 Å². The van der Waals surface area contributed by atoms with Crippen LogP contribution in [-0.4, -0.2) is 45.3 Å². The van der Waals surface area contributed by atoms with Gasteiger partial charge in [-0.2, -0.15) is 0 Å². The first-order valence-corrected chi connectivity index (χ1v) is 8.15. The summed E-state index contributed by atoms with van der Waals surface area (Å²) in [5.74, 6) is -0.382.